The molecule has 0 radical (unpaired) electrons. The summed E-state index contributed by atoms with van der Waals surface area (Å²) in [7, 11) is 0. The van der Waals surface area contributed by atoms with Gasteiger partial charge in [0.25, 0.3) is 5.91 Å². The van der Waals surface area contributed by atoms with E-state index in [2.05, 4.69) is 10.3 Å². The molecule has 134 valence electrons. The van der Waals surface area contributed by atoms with Gasteiger partial charge >= 0.3 is 6.18 Å². The van der Waals surface area contributed by atoms with Crippen molar-refractivity contribution in [2.45, 2.75) is 44.4 Å². The van der Waals surface area contributed by atoms with Gasteiger partial charge in [0, 0.05) is 37.9 Å². The van der Waals surface area contributed by atoms with Gasteiger partial charge in [-0.2, -0.15) is 13.2 Å². The number of nitrogens with zero attached hydrogens (tertiary/aromatic N) is 3. The molecule has 1 amide bonds. The van der Waals surface area contributed by atoms with Crippen LogP contribution in [0.2, 0.25) is 0 Å². The second-order valence-electron chi connectivity index (χ2n) is 6.84. The van der Waals surface area contributed by atoms with Crippen molar-refractivity contribution in [3.63, 3.8) is 0 Å². The lowest BCUT2D eigenvalue weighted by molar-refractivity contribution is -0.141. The van der Waals surface area contributed by atoms with Crippen LogP contribution in [0.3, 0.4) is 0 Å². The van der Waals surface area contributed by atoms with E-state index in [4.69, 9.17) is 0 Å². The van der Waals surface area contributed by atoms with Crippen LogP contribution in [-0.4, -0.2) is 26.6 Å². The van der Waals surface area contributed by atoms with Gasteiger partial charge in [0.15, 0.2) is 5.69 Å². The zero-order valence-corrected chi connectivity index (χ0v) is 13.6. The molecular weight excluding hydrogens is 333 g/mol. The number of fused-ring (bicyclic) bond motifs is 1. The van der Waals surface area contributed by atoms with Crippen LogP contribution in [0.15, 0.2) is 24.5 Å². The molecule has 0 aromatic carbocycles. The van der Waals surface area contributed by atoms with Crippen molar-refractivity contribution in [3.8, 4) is 0 Å². The first-order valence-corrected chi connectivity index (χ1v) is 8.50. The summed E-state index contributed by atoms with van der Waals surface area (Å²) < 4.78 is 41.8. The zero-order valence-electron chi connectivity index (χ0n) is 13.6. The van der Waals surface area contributed by atoms with Crippen molar-refractivity contribution >= 4 is 5.91 Å². The third-order valence-corrected chi connectivity index (χ3v) is 4.88. The molecule has 0 unspecified atom stereocenters. The van der Waals surface area contributed by atoms with Crippen molar-refractivity contribution in [2.75, 3.05) is 6.54 Å². The molecule has 1 aliphatic heterocycles. The van der Waals surface area contributed by atoms with Gasteiger partial charge < -0.3 is 14.5 Å². The zero-order chi connectivity index (χ0) is 17.6. The average molecular weight is 352 g/mol. The van der Waals surface area contributed by atoms with Crippen LogP contribution in [-0.2, 0) is 19.1 Å². The molecule has 25 heavy (non-hydrogen) atoms. The number of imidazole rings is 1. The molecule has 8 heteroatoms. The summed E-state index contributed by atoms with van der Waals surface area (Å²) in [6.07, 6.45) is 1.99. The summed E-state index contributed by atoms with van der Waals surface area (Å²) in [6.45, 7) is 0.899. The van der Waals surface area contributed by atoms with Gasteiger partial charge in [-0.25, -0.2) is 4.98 Å². The molecule has 2 aromatic rings. The minimum atomic E-state index is -4.41. The number of hydrogen-bond donors (Lipinski definition) is 1. The first-order chi connectivity index (χ1) is 11.9. The number of carbonyl (C=O) groups excluding carboxylic acids is 1. The lowest BCUT2D eigenvalue weighted by Gasteiger charge is -2.24. The van der Waals surface area contributed by atoms with Crippen LogP contribution in [0.1, 0.15) is 47.3 Å². The normalized spacial score (nSPS) is 20.4. The summed E-state index contributed by atoms with van der Waals surface area (Å²) in [4.78, 5) is 16.1. The summed E-state index contributed by atoms with van der Waals surface area (Å²) in [5, 5.41) is 2.93. The molecule has 4 rings (SSSR count). The number of rotatable bonds is 4. The average Bonchev–Trinajstić information content (AvgIpc) is 3.12. The molecule has 1 atom stereocenters. The van der Waals surface area contributed by atoms with E-state index < -0.39 is 11.9 Å². The standard InChI is InChI=1S/C17H19F3N4O/c18-17(19,20)14-10-23-9-11(3-6-15(23)22-14)8-21-16(25)13-2-1-7-24(13)12-4-5-12/h1-2,7,10-12H,3-6,8-9H2,(H,21,25)/t11-/m1/s1. The Labute approximate surface area is 142 Å². The molecule has 2 aliphatic rings. The smallest absolute Gasteiger partial charge is 0.350 e. The fourth-order valence-electron chi connectivity index (χ4n) is 3.40. The highest BCUT2D eigenvalue weighted by Gasteiger charge is 2.35. The van der Waals surface area contributed by atoms with Crippen molar-refractivity contribution in [1.82, 2.24) is 19.4 Å². The quantitative estimate of drug-likeness (QED) is 0.920. The van der Waals surface area contributed by atoms with Gasteiger partial charge in [0.05, 0.1) is 0 Å². The van der Waals surface area contributed by atoms with Crippen molar-refractivity contribution in [2.24, 2.45) is 5.92 Å². The fourth-order valence-corrected chi connectivity index (χ4v) is 3.40. The highest BCUT2D eigenvalue weighted by atomic mass is 19.4. The number of amides is 1. The Morgan fingerprint density at radius 1 is 1.32 bits per heavy atom. The van der Waals surface area contributed by atoms with Crippen molar-refractivity contribution < 1.29 is 18.0 Å². The number of alkyl halides is 3. The number of nitrogens with one attached hydrogen (secondary N) is 1. The van der Waals surface area contributed by atoms with Gasteiger partial charge in [0.2, 0.25) is 0 Å². The maximum atomic E-state index is 12.8. The van der Waals surface area contributed by atoms with E-state index in [1.54, 1.807) is 10.6 Å². The second-order valence-corrected chi connectivity index (χ2v) is 6.84. The van der Waals surface area contributed by atoms with Gasteiger partial charge in [-0.3, -0.25) is 4.79 Å². The molecule has 5 nitrogen and oxygen atoms in total. The third kappa shape index (κ3) is 3.29. The maximum absolute atomic E-state index is 12.8. The molecular formula is C17H19F3N4O. The second kappa shape index (κ2) is 5.93. The summed E-state index contributed by atoms with van der Waals surface area (Å²) in [5.74, 6) is 0.456. The molecule has 3 heterocycles. The Morgan fingerprint density at radius 2 is 2.12 bits per heavy atom. The van der Waals surface area contributed by atoms with E-state index in [9.17, 15) is 18.0 Å². The minimum absolute atomic E-state index is 0.107. The van der Waals surface area contributed by atoms with E-state index in [-0.39, 0.29) is 11.8 Å². The Balaban J connectivity index is 1.37. The van der Waals surface area contributed by atoms with E-state index in [0.29, 0.717) is 37.1 Å². The van der Waals surface area contributed by atoms with Crippen LogP contribution in [0, 0.1) is 5.92 Å². The van der Waals surface area contributed by atoms with Crippen LogP contribution in [0.25, 0.3) is 0 Å². The minimum Gasteiger partial charge on any atom is -0.350 e. The Kier molecular flexibility index (Phi) is 3.85. The highest BCUT2D eigenvalue weighted by Crippen LogP contribution is 2.36. The van der Waals surface area contributed by atoms with Crippen molar-refractivity contribution in [3.05, 3.63) is 41.7 Å². The first kappa shape index (κ1) is 16.2. The summed E-state index contributed by atoms with van der Waals surface area (Å²) >= 11 is 0. The van der Waals surface area contributed by atoms with Crippen LogP contribution >= 0.6 is 0 Å². The molecule has 1 aliphatic carbocycles. The predicted octanol–water partition coefficient (Wildman–Crippen LogP) is 3.03. The number of halogens is 3. The molecule has 1 saturated carbocycles. The molecule has 1 N–H and O–H groups in total. The highest BCUT2D eigenvalue weighted by molar-refractivity contribution is 5.92. The molecule has 1 fully saturated rings. The van der Waals surface area contributed by atoms with Crippen molar-refractivity contribution in [1.29, 1.82) is 0 Å². The van der Waals surface area contributed by atoms with E-state index in [1.165, 1.54) is 0 Å². The summed E-state index contributed by atoms with van der Waals surface area (Å²) in [5.41, 5.74) is -0.185. The largest absolute Gasteiger partial charge is 0.434 e. The molecule has 0 spiro atoms. The Hall–Kier alpha value is -2.25. The van der Waals surface area contributed by atoms with Gasteiger partial charge in [-0.15, -0.1) is 0 Å². The van der Waals surface area contributed by atoms with E-state index in [0.717, 1.165) is 25.5 Å². The Bertz CT molecular complexity index is 788. The molecule has 0 bridgehead atoms. The number of carbonyl (C=O) groups is 1. The third-order valence-electron chi connectivity index (χ3n) is 4.88. The topological polar surface area (TPSA) is 51.9 Å². The number of hydrogen-bond acceptors (Lipinski definition) is 2. The van der Waals surface area contributed by atoms with Gasteiger partial charge in [-0.05, 0) is 37.3 Å². The molecule has 0 saturated heterocycles. The maximum Gasteiger partial charge on any atom is 0.434 e. The van der Waals surface area contributed by atoms with Crippen LogP contribution < -0.4 is 5.32 Å². The predicted molar refractivity (Wildman–Crippen MR) is 84.1 cm³/mol. The van der Waals surface area contributed by atoms with E-state index in [1.807, 2.05) is 16.8 Å². The molecule has 2 aromatic heterocycles. The number of aryl methyl sites for hydroxylation is 1. The monoisotopic (exact) mass is 352 g/mol. The van der Waals surface area contributed by atoms with Crippen LogP contribution in [0.5, 0.6) is 0 Å². The lowest BCUT2D eigenvalue weighted by Crippen LogP contribution is -2.34. The van der Waals surface area contributed by atoms with Crippen LogP contribution in [0.4, 0.5) is 13.2 Å². The number of aromatic nitrogens is 3. The van der Waals surface area contributed by atoms with Gasteiger partial charge in [-0.1, -0.05) is 0 Å². The fraction of sp³-hybridized carbons (Fsp3) is 0.529. The lowest BCUT2D eigenvalue weighted by atomic mass is 9.99. The Morgan fingerprint density at radius 3 is 2.84 bits per heavy atom. The first-order valence-electron chi connectivity index (χ1n) is 8.50. The SMILES string of the molecule is O=C(NC[C@H]1CCc2nc(C(F)(F)F)cn2C1)c1cccn1C1CC1. The van der Waals surface area contributed by atoms with Gasteiger partial charge in [0.1, 0.15) is 11.5 Å². The van der Waals surface area contributed by atoms with E-state index >= 15 is 0 Å². The summed E-state index contributed by atoms with van der Waals surface area (Å²) in [6, 6.07) is 4.10.